The standard InChI is InChI=1S/C12H22NO2.BrH/c1-10(2)12(14)15-11(3)13(4)8-6-5-7-9-13;/h11H,1,5-9H2,2-4H3;1H/q+1;/p-1. The quantitative estimate of drug-likeness (QED) is 0.382. The van der Waals surface area contributed by atoms with Gasteiger partial charge in [0.25, 0.3) is 0 Å². The summed E-state index contributed by atoms with van der Waals surface area (Å²) >= 11 is 0. The molecule has 1 saturated heterocycles. The van der Waals surface area contributed by atoms with E-state index >= 15 is 0 Å². The van der Waals surface area contributed by atoms with Crippen LogP contribution in [-0.2, 0) is 9.53 Å². The summed E-state index contributed by atoms with van der Waals surface area (Å²) in [5.74, 6) is -0.271. The summed E-state index contributed by atoms with van der Waals surface area (Å²) in [6.45, 7) is 9.46. The first-order valence-electron chi connectivity index (χ1n) is 5.66. The Balaban J connectivity index is 0.00000225. The van der Waals surface area contributed by atoms with Crippen molar-refractivity contribution in [1.82, 2.24) is 0 Å². The number of esters is 1. The third-order valence-electron chi connectivity index (χ3n) is 3.34. The number of ether oxygens (including phenoxy) is 1. The van der Waals surface area contributed by atoms with Crippen molar-refractivity contribution in [2.24, 2.45) is 0 Å². The number of nitrogens with zero attached hydrogens (tertiary/aromatic N) is 1. The van der Waals surface area contributed by atoms with E-state index in [1.165, 1.54) is 19.3 Å². The van der Waals surface area contributed by atoms with Crippen molar-refractivity contribution >= 4 is 5.97 Å². The number of quaternary nitrogens is 1. The average Bonchev–Trinajstić information content (AvgIpc) is 2.18. The van der Waals surface area contributed by atoms with E-state index in [-0.39, 0.29) is 29.2 Å². The summed E-state index contributed by atoms with van der Waals surface area (Å²) in [6, 6.07) is 0. The van der Waals surface area contributed by atoms with Crippen LogP contribution in [0.15, 0.2) is 12.2 Å². The van der Waals surface area contributed by atoms with E-state index in [4.69, 9.17) is 4.74 Å². The summed E-state index contributed by atoms with van der Waals surface area (Å²) < 4.78 is 6.23. The first-order valence-corrected chi connectivity index (χ1v) is 5.66. The van der Waals surface area contributed by atoms with Crippen LogP contribution in [0, 0.1) is 0 Å². The van der Waals surface area contributed by atoms with Crippen LogP contribution in [0.4, 0.5) is 0 Å². The summed E-state index contributed by atoms with van der Waals surface area (Å²) in [4.78, 5) is 11.4. The van der Waals surface area contributed by atoms with Gasteiger partial charge in [0.2, 0.25) is 6.23 Å². The highest BCUT2D eigenvalue weighted by atomic mass is 79.9. The van der Waals surface area contributed by atoms with Crippen molar-refractivity contribution in [3.63, 3.8) is 0 Å². The number of piperidine rings is 1. The van der Waals surface area contributed by atoms with Crippen LogP contribution < -0.4 is 17.0 Å². The lowest BCUT2D eigenvalue weighted by Gasteiger charge is -2.41. The van der Waals surface area contributed by atoms with Crippen LogP contribution in [0.1, 0.15) is 33.1 Å². The van der Waals surface area contributed by atoms with Gasteiger partial charge >= 0.3 is 5.97 Å². The first-order chi connectivity index (χ1) is 6.96. The Hall–Kier alpha value is -0.350. The molecule has 0 aromatic heterocycles. The van der Waals surface area contributed by atoms with Gasteiger partial charge in [-0.1, -0.05) is 6.58 Å². The number of carbonyl (C=O) groups excluding carboxylic acids is 1. The van der Waals surface area contributed by atoms with E-state index in [1.807, 2.05) is 6.92 Å². The van der Waals surface area contributed by atoms with Crippen molar-refractivity contribution in [2.45, 2.75) is 39.3 Å². The third kappa shape index (κ3) is 3.91. The Kier molecular flexibility index (Phi) is 6.26. The number of likely N-dealkylation sites (tertiary alicyclic amines) is 1. The van der Waals surface area contributed by atoms with Gasteiger partial charge in [-0.05, 0) is 26.2 Å². The average molecular weight is 292 g/mol. The maximum atomic E-state index is 11.4. The maximum Gasteiger partial charge on any atom is 0.337 e. The smallest absolute Gasteiger partial charge is 0.337 e. The molecule has 0 aromatic carbocycles. The summed E-state index contributed by atoms with van der Waals surface area (Å²) in [6.07, 6.45) is 3.70. The monoisotopic (exact) mass is 291 g/mol. The number of hydrogen-bond donors (Lipinski definition) is 0. The fraction of sp³-hybridized carbons (Fsp3) is 0.750. The van der Waals surface area contributed by atoms with Crippen LogP contribution in [0.5, 0.6) is 0 Å². The van der Waals surface area contributed by atoms with E-state index in [2.05, 4.69) is 13.6 Å². The second kappa shape index (κ2) is 6.40. The van der Waals surface area contributed by atoms with Crippen LogP contribution >= 0.6 is 0 Å². The van der Waals surface area contributed by atoms with Crippen molar-refractivity contribution in [3.05, 3.63) is 12.2 Å². The second-order valence-corrected chi connectivity index (χ2v) is 4.77. The van der Waals surface area contributed by atoms with Gasteiger partial charge in [0.05, 0.1) is 20.1 Å². The first kappa shape index (κ1) is 15.7. The SMILES string of the molecule is C=C(C)C(=O)OC(C)[N+]1(C)CCCCC1.[Br-]. The number of halogens is 1. The zero-order valence-corrected chi connectivity index (χ0v) is 12.0. The van der Waals surface area contributed by atoms with Crippen molar-refractivity contribution < 1.29 is 31.0 Å². The second-order valence-electron chi connectivity index (χ2n) is 4.77. The Labute approximate surface area is 109 Å². The van der Waals surface area contributed by atoms with Crippen LogP contribution in [0.25, 0.3) is 0 Å². The third-order valence-corrected chi connectivity index (χ3v) is 3.34. The molecule has 0 spiro atoms. The molecule has 16 heavy (non-hydrogen) atoms. The Morgan fingerprint density at radius 1 is 1.31 bits per heavy atom. The van der Waals surface area contributed by atoms with Crippen molar-refractivity contribution in [1.29, 1.82) is 0 Å². The summed E-state index contributed by atoms with van der Waals surface area (Å²) in [5, 5.41) is 0. The minimum absolute atomic E-state index is 0. The predicted molar refractivity (Wildman–Crippen MR) is 60.1 cm³/mol. The molecule has 0 N–H and O–H groups in total. The molecular formula is C12H22BrNO2. The molecule has 1 aliphatic rings. The molecule has 4 heteroatoms. The highest BCUT2D eigenvalue weighted by molar-refractivity contribution is 5.86. The molecule has 0 radical (unpaired) electrons. The summed E-state index contributed by atoms with van der Waals surface area (Å²) in [7, 11) is 2.16. The zero-order valence-electron chi connectivity index (χ0n) is 10.5. The fourth-order valence-corrected chi connectivity index (χ4v) is 1.98. The van der Waals surface area contributed by atoms with E-state index in [0.717, 1.165) is 17.6 Å². The highest BCUT2D eigenvalue weighted by Gasteiger charge is 2.33. The molecule has 0 aromatic rings. The van der Waals surface area contributed by atoms with Crippen LogP contribution in [0.3, 0.4) is 0 Å². The number of hydrogen-bond acceptors (Lipinski definition) is 2. The van der Waals surface area contributed by atoms with Gasteiger partial charge in [0, 0.05) is 12.5 Å². The van der Waals surface area contributed by atoms with Crippen LogP contribution in [-0.4, -0.2) is 36.8 Å². The van der Waals surface area contributed by atoms with Gasteiger partial charge < -0.3 is 21.7 Å². The molecule has 1 fully saturated rings. The van der Waals surface area contributed by atoms with E-state index in [1.54, 1.807) is 6.92 Å². The number of rotatable bonds is 3. The molecule has 0 amide bonds. The van der Waals surface area contributed by atoms with Gasteiger partial charge in [-0.25, -0.2) is 4.79 Å². The van der Waals surface area contributed by atoms with Gasteiger partial charge in [0.15, 0.2) is 0 Å². The molecule has 94 valence electrons. The van der Waals surface area contributed by atoms with Gasteiger partial charge in [-0.15, -0.1) is 0 Å². The largest absolute Gasteiger partial charge is 1.00 e. The molecule has 3 nitrogen and oxygen atoms in total. The van der Waals surface area contributed by atoms with Crippen LogP contribution in [0.2, 0.25) is 0 Å². The molecule has 1 heterocycles. The Morgan fingerprint density at radius 2 is 1.81 bits per heavy atom. The minimum Gasteiger partial charge on any atom is -1.00 e. The highest BCUT2D eigenvalue weighted by Crippen LogP contribution is 2.21. The van der Waals surface area contributed by atoms with Crippen molar-refractivity contribution in [2.75, 3.05) is 20.1 Å². The van der Waals surface area contributed by atoms with E-state index in [9.17, 15) is 4.79 Å². The van der Waals surface area contributed by atoms with Gasteiger partial charge in [-0.2, -0.15) is 0 Å². The lowest BCUT2D eigenvalue weighted by Crippen LogP contribution is -3.00. The van der Waals surface area contributed by atoms with E-state index in [0.29, 0.717) is 5.57 Å². The van der Waals surface area contributed by atoms with Gasteiger partial charge in [0.1, 0.15) is 0 Å². The number of carbonyl (C=O) groups is 1. The molecule has 1 unspecified atom stereocenters. The van der Waals surface area contributed by atoms with Gasteiger partial charge in [-0.3, -0.25) is 4.48 Å². The Morgan fingerprint density at radius 3 is 2.25 bits per heavy atom. The van der Waals surface area contributed by atoms with Crippen molar-refractivity contribution in [3.8, 4) is 0 Å². The maximum absolute atomic E-state index is 11.4. The zero-order chi connectivity index (χ0) is 11.5. The van der Waals surface area contributed by atoms with E-state index < -0.39 is 0 Å². The minimum atomic E-state index is -0.271. The fourth-order valence-electron chi connectivity index (χ4n) is 1.98. The molecule has 1 rings (SSSR count). The molecule has 1 aliphatic heterocycles. The lowest BCUT2D eigenvalue weighted by atomic mass is 10.1. The lowest BCUT2D eigenvalue weighted by molar-refractivity contribution is -0.954. The molecule has 1 atom stereocenters. The Bertz CT molecular complexity index is 260. The molecular weight excluding hydrogens is 270 g/mol. The predicted octanol–water partition coefficient (Wildman–Crippen LogP) is -0.914. The topological polar surface area (TPSA) is 26.3 Å². The molecule has 0 bridgehead atoms. The molecule has 0 aliphatic carbocycles. The normalized spacial score (nSPS) is 20.4. The summed E-state index contributed by atoms with van der Waals surface area (Å²) in [5.41, 5.74) is 0.477. The molecule has 0 saturated carbocycles.